The third-order valence-corrected chi connectivity index (χ3v) is 3.62. The highest BCUT2D eigenvalue weighted by molar-refractivity contribution is 5.95. The molecule has 3 N–H and O–H groups in total. The number of rotatable bonds is 5. The van der Waals surface area contributed by atoms with Crippen molar-refractivity contribution in [2.75, 3.05) is 32.0 Å². The van der Waals surface area contributed by atoms with Crippen LogP contribution in [0.4, 0.5) is 5.69 Å². The lowest BCUT2D eigenvalue weighted by Crippen LogP contribution is -2.40. The zero-order valence-corrected chi connectivity index (χ0v) is 13.8. The van der Waals surface area contributed by atoms with Crippen LogP contribution in [0.2, 0.25) is 0 Å². The first-order valence-electron chi connectivity index (χ1n) is 7.92. The Labute approximate surface area is 132 Å². The molecule has 1 aliphatic rings. The topological polar surface area (TPSA) is 67.6 Å². The van der Waals surface area contributed by atoms with E-state index in [1.54, 1.807) is 18.2 Å². The third-order valence-electron chi connectivity index (χ3n) is 3.62. The van der Waals surface area contributed by atoms with Gasteiger partial charge in [0.1, 0.15) is 12.4 Å². The number of hydrogen-bond donors (Lipinski definition) is 2. The van der Waals surface area contributed by atoms with E-state index in [1.165, 1.54) is 12.8 Å². The van der Waals surface area contributed by atoms with Crippen LogP contribution < -0.4 is 15.8 Å². The normalized spacial score (nSPS) is 15.8. The Morgan fingerprint density at radius 3 is 2.59 bits per heavy atom. The Balaban J connectivity index is 1.89. The number of benzene rings is 1. The van der Waals surface area contributed by atoms with Crippen LogP contribution >= 0.6 is 0 Å². The quantitative estimate of drug-likeness (QED) is 0.819. The average Bonchev–Trinajstić information content (AvgIpc) is 2.91. The van der Waals surface area contributed by atoms with Crippen molar-refractivity contribution in [1.82, 2.24) is 10.2 Å². The third kappa shape index (κ3) is 4.91. The van der Waals surface area contributed by atoms with Gasteiger partial charge in [-0.05, 0) is 64.9 Å². The largest absolute Gasteiger partial charge is 0.490 e. The molecule has 2 rings (SSSR count). The van der Waals surface area contributed by atoms with Gasteiger partial charge in [0.05, 0.1) is 5.69 Å². The van der Waals surface area contributed by atoms with Crippen molar-refractivity contribution < 1.29 is 9.53 Å². The fraction of sp³-hybridized carbons (Fsp3) is 0.588. The maximum atomic E-state index is 12.1. The molecule has 1 aromatic rings. The second-order valence-electron chi connectivity index (χ2n) is 6.85. The van der Waals surface area contributed by atoms with Gasteiger partial charge in [-0.15, -0.1) is 0 Å². The van der Waals surface area contributed by atoms with E-state index in [4.69, 9.17) is 10.5 Å². The molecular weight excluding hydrogens is 278 g/mol. The summed E-state index contributed by atoms with van der Waals surface area (Å²) >= 11 is 0. The van der Waals surface area contributed by atoms with E-state index < -0.39 is 0 Å². The van der Waals surface area contributed by atoms with Crippen LogP contribution in [0.3, 0.4) is 0 Å². The Hall–Kier alpha value is -1.75. The molecule has 1 heterocycles. The molecular formula is C17H27N3O2. The molecule has 5 nitrogen and oxygen atoms in total. The van der Waals surface area contributed by atoms with Gasteiger partial charge in [0.15, 0.2) is 0 Å². The summed E-state index contributed by atoms with van der Waals surface area (Å²) in [6.07, 6.45) is 2.56. The van der Waals surface area contributed by atoms with Gasteiger partial charge >= 0.3 is 0 Å². The van der Waals surface area contributed by atoms with Gasteiger partial charge in [-0.1, -0.05) is 0 Å². The minimum atomic E-state index is -0.267. The maximum absolute atomic E-state index is 12.1. The van der Waals surface area contributed by atoms with Crippen molar-refractivity contribution >= 4 is 11.6 Å². The summed E-state index contributed by atoms with van der Waals surface area (Å²) < 4.78 is 5.74. The summed E-state index contributed by atoms with van der Waals surface area (Å²) in [7, 11) is 0. The van der Waals surface area contributed by atoms with Gasteiger partial charge in [-0.2, -0.15) is 0 Å². The molecule has 0 atom stereocenters. The number of ether oxygens (including phenoxy) is 1. The monoisotopic (exact) mass is 305 g/mol. The number of nitrogens with two attached hydrogens (primary N) is 1. The van der Waals surface area contributed by atoms with Gasteiger partial charge in [0.2, 0.25) is 0 Å². The van der Waals surface area contributed by atoms with Crippen molar-refractivity contribution in [3.05, 3.63) is 23.8 Å². The first-order valence-corrected chi connectivity index (χ1v) is 7.92. The molecule has 0 saturated carbocycles. The van der Waals surface area contributed by atoms with E-state index in [1.807, 2.05) is 20.8 Å². The maximum Gasteiger partial charge on any atom is 0.251 e. The fourth-order valence-corrected chi connectivity index (χ4v) is 2.52. The average molecular weight is 305 g/mol. The first kappa shape index (κ1) is 16.6. The number of nitrogens with zero attached hydrogens (tertiary/aromatic N) is 1. The van der Waals surface area contributed by atoms with Crippen molar-refractivity contribution in [3.63, 3.8) is 0 Å². The Kier molecular flexibility index (Phi) is 5.29. The molecule has 5 heteroatoms. The Morgan fingerprint density at radius 2 is 2.00 bits per heavy atom. The van der Waals surface area contributed by atoms with Crippen LogP contribution in [0.25, 0.3) is 0 Å². The van der Waals surface area contributed by atoms with Gasteiger partial charge in [-0.25, -0.2) is 0 Å². The number of nitrogen functional groups attached to an aromatic ring is 1. The number of carbonyl (C=O) groups is 1. The minimum absolute atomic E-state index is 0.122. The van der Waals surface area contributed by atoms with E-state index in [9.17, 15) is 4.79 Å². The van der Waals surface area contributed by atoms with E-state index >= 15 is 0 Å². The molecule has 1 amide bonds. The Bertz CT molecular complexity index is 517. The van der Waals surface area contributed by atoms with Crippen LogP contribution in [-0.2, 0) is 0 Å². The summed E-state index contributed by atoms with van der Waals surface area (Å²) in [6, 6.07) is 5.20. The molecule has 22 heavy (non-hydrogen) atoms. The molecule has 0 radical (unpaired) electrons. The summed E-state index contributed by atoms with van der Waals surface area (Å²) in [5.41, 5.74) is 6.79. The van der Waals surface area contributed by atoms with Crippen molar-refractivity contribution in [1.29, 1.82) is 0 Å². The molecule has 122 valence electrons. The van der Waals surface area contributed by atoms with Crippen molar-refractivity contribution in [3.8, 4) is 5.75 Å². The molecule has 0 bridgehead atoms. The van der Waals surface area contributed by atoms with Crippen LogP contribution in [0.15, 0.2) is 18.2 Å². The van der Waals surface area contributed by atoms with Gasteiger partial charge in [0, 0.05) is 17.6 Å². The molecule has 0 aromatic heterocycles. The van der Waals surface area contributed by atoms with E-state index in [0.29, 0.717) is 23.6 Å². The molecule has 1 aromatic carbocycles. The molecule has 0 aliphatic carbocycles. The van der Waals surface area contributed by atoms with Crippen LogP contribution in [0.5, 0.6) is 5.75 Å². The van der Waals surface area contributed by atoms with Crippen LogP contribution in [0, 0.1) is 0 Å². The number of nitrogens with one attached hydrogen (secondary N) is 1. The molecule has 0 unspecified atom stereocenters. The van der Waals surface area contributed by atoms with Crippen molar-refractivity contribution in [2.24, 2.45) is 0 Å². The lowest BCUT2D eigenvalue weighted by molar-refractivity contribution is 0.0919. The van der Waals surface area contributed by atoms with Gasteiger partial charge in [0.25, 0.3) is 5.91 Å². The van der Waals surface area contributed by atoms with E-state index in [-0.39, 0.29) is 11.4 Å². The van der Waals surface area contributed by atoms with Gasteiger partial charge in [-0.3, -0.25) is 9.69 Å². The fourth-order valence-electron chi connectivity index (χ4n) is 2.52. The summed E-state index contributed by atoms with van der Waals surface area (Å²) in [6.45, 7) is 9.71. The summed E-state index contributed by atoms with van der Waals surface area (Å²) in [5, 5.41) is 2.92. The van der Waals surface area contributed by atoms with Crippen molar-refractivity contribution in [2.45, 2.75) is 39.2 Å². The standard InChI is InChI=1S/C17H27N3O2/c1-17(2,3)19-16(21)13-6-7-15(14(18)12-13)22-11-10-20-8-4-5-9-20/h6-7,12H,4-5,8-11,18H2,1-3H3,(H,19,21). The highest BCUT2D eigenvalue weighted by Crippen LogP contribution is 2.23. The highest BCUT2D eigenvalue weighted by Gasteiger charge is 2.16. The lowest BCUT2D eigenvalue weighted by atomic mass is 10.1. The number of likely N-dealkylation sites (tertiary alicyclic amines) is 1. The molecule has 1 fully saturated rings. The van der Waals surface area contributed by atoms with Crippen LogP contribution in [0.1, 0.15) is 44.0 Å². The zero-order valence-electron chi connectivity index (χ0n) is 13.8. The Morgan fingerprint density at radius 1 is 1.32 bits per heavy atom. The number of carbonyl (C=O) groups excluding carboxylic acids is 1. The zero-order chi connectivity index (χ0) is 16.2. The van der Waals surface area contributed by atoms with Crippen LogP contribution in [-0.4, -0.2) is 42.6 Å². The second kappa shape index (κ2) is 7.01. The smallest absolute Gasteiger partial charge is 0.251 e. The second-order valence-corrected chi connectivity index (χ2v) is 6.85. The highest BCUT2D eigenvalue weighted by atomic mass is 16.5. The van der Waals surface area contributed by atoms with E-state index in [2.05, 4.69) is 10.2 Å². The minimum Gasteiger partial charge on any atom is -0.490 e. The first-order chi connectivity index (χ1) is 10.3. The number of amides is 1. The van der Waals surface area contributed by atoms with Gasteiger partial charge < -0.3 is 15.8 Å². The summed E-state index contributed by atoms with van der Waals surface area (Å²) in [5.74, 6) is 0.523. The molecule has 1 saturated heterocycles. The molecule has 1 aliphatic heterocycles. The summed E-state index contributed by atoms with van der Waals surface area (Å²) in [4.78, 5) is 14.5. The predicted molar refractivity (Wildman–Crippen MR) is 89.2 cm³/mol. The lowest BCUT2D eigenvalue weighted by Gasteiger charge is -2.21. The number of anilines is 1. The SMILES string of the molecule is CC(C)(C)NC(=O)c1ccc(OCCN2CCCC2)c(N)c1. The molecule has 0 spiro atoms. The predicted octanol–water partition coefficient (Wildman–Crippen LogP) is 2.27. The number of hydrogen-bond acceptors (Lipinski definition) is 4. The van der Waals surface area contributed by atoms with E-state index in [0.717, 1.165) is 19.6 Å².